The third-order valence-electron chi connectivity index (χ3n) is 11.9. The number of rotatable bonds is 7. The van der Waals surface area contributed by atoms with Crippen LogP contribution < -0.4 is 10.6 Å². The first-order valence-electron chi connectivity index (χ1n) is 21.0. The lowest BCUT2D eigenvalue weighted by Crippen LogP contribution is -2.59. The first-order chi connectivity index (χ1) is 28.2. The topological polar surface area (TPSA) is 209 Å². The van der Waals surface area contributed by atoms with E-state index >= 15 is 0 Å². The summed E-state index contributed by atoms with van der Waals surface area (Å²) in [4.78, 5) is 75.9. The Bertz CT molecular complexity index is 2030. The second-order valence-corrected chi connectivity index (χ2v) is 21.7. The Morgan fingerprint density at radius 3 is 2.32 bits per heavy atom. The molecule has 6 atom stereocenters. The third-order valence-corrected chi connectivity index (χ3v) is 15.0. The summed E-state index contributed by atoms with van der Waals surface area (Å²) in [7, 11) is -9.30. The number of amides is 5. The zero-order chi connectivity index (χ0) is 43.6. The molecule has 19 heteroatoms. The molecule has 332 valence electrons. The van der Waals surface area contributed by atoms with E-state index < -0.39 is 85.2 Å². The van der Waals surface area contributed by atoms with Gasteiger partial charge in [-0.1, -0.05) is 55.7 Å². The molecule has 4 aliphatic heterocycles. The number of nitrogens with zero attached hydrogens (tertiary/aromatic N) is 4. The van der Waals surface area contributed by atoms with Crippen molar-refractivity contribution >= 4 is 50.0 Å². The minimum atomic E-state index is -4.65. The molecule has 60 heavy (non-hydrogen) atoms. The fourth-order valence-corrected chi connectivity index (χ4v) is 11.9. The number of alkyl carbamates (subject to hydrolysis) is 1. The van der Waals surface area contributed by atoms with Crippen molar-refractivity contribution in [3.63, 3.8) is 0 Å². The number of nitrogens with one attached hydrogen (secondary N) is 2. The Morgan fingerprint density at radius 1 is 0.950 bits per heavy atom. The zero-order valence-electron chi connectivity index (χ0n) is 35.3. The average molecular weight is 877 g/mol. The molecule has 3 fully saturated rings. The molecule has 0 spiro atoms. The average Bonchev–Trinajstić information content (AvgIpc) is 3.68. The van der Waals surface area contributed by atoms with Gasteiger partial charge in [-0.15, -0.1) is 3.71 Å². The minimum absolute atomic E-state index is 0.0909. The van der Waals surface area contributed by atoms with Crippen molar-refractivity contribution in [1.29, 1.82) is 0 Å². The van der Waals surface area contributed by atoms with Crippen LogP contribution in [0.1, 0.15) is 102 Å². The highest BCUT2D eigenvalue weighted by molar-refractivity contribution is 8.04. The van der Waals surface area contributed by atoms with Crippen molar-refractivity contribution in [2.75, 3.05) is 45.2 Å². The number of hydrogen-bond donors (Lipinski definition) is 2. The zero-order valence-corrected chi connectivity index (χ0v) is 36.9. The van der Waals surface area contributed by atoms with Crippen LogP contribution >= 0.6 is 0 Å². The predicted molar refractivity (Wildman–Crippen MR) is 221 cm³/mol. The lowest BCUT2D eigenvalue weighted by Gasteiger charge is -2.40. The molecule has 0 aromatic heterocycles. The number of ether oxygens (including phenoxy) is 2. The van der Waals surface area contributed by atoms with Crippen molar-refractivity contribution in [2.24, 2.45) is 5.92 Å². The van der Waals surface area contributed by atoms with Crippen LogP contribution in [0.4, 0.5) is 9.59 Å². The minimum Gasteiger partial charge on any atom is -0.444 e. The van der Waals surface area contributed by atoms with E-state index in [1.54, 1.807) is 37.8 Å². The van der Waals surface area contributed by atoms with Gasteiger partial charge in [0.05, 0.1) is 25.1 Å². The van der Waals surface area contributed by atoms with Gasteiger partial charge in [0.15, 0.2) is 0 Å². The van der Waals surface area contributed by atoms with E-state index in [-0.39, 0.29) is 35.6 Å². The van der Waals surface area contributed by atoms with Crippen molar-refractivity contribution in [3.05, 3.63) is 47.5 Å². The summed E-state index contributed by atoms with van der Waals surface area (Å²) in [5.74, 6) is -3.59. The quantitative estimate of drug-likeness (QED) is 0.379. The van der Waals surface area contributed by atoms with Gasteiger partial charge in [-0.05, 0) is 89.9 Å². The van der Waals surface area contributed by atoms with Crippen LogP contribution in [0.2, 0.25) is 0 Å². The van der Waals surface area contributed by atoms with Gasteiger partial charge < -0.3 is 29.9 Å². The highest BCUT2D eigenvalue weighted by Gasteiger charge is 2.64. The normalized spacial score (nSPS) is 28.7. The summed E-state index contributed by atoms with van der Waals surface area (Å²) in [5.41, 5.74) is -0.636. The number of hydrogen-bond acceptors (Lipinski definition) is 12. The molecule has 0 bridgehead atoms. The van der Waals surface area contributed by atoms with Crippen molar-refractivity contribution in [1.82, 2.24) is 29.0 Å². The Morgan fingerprint density at radius 2 is 1.63 bits per heavy atom. The second kappa shape index (κ2) is 18.0. The maximum absolute atomic E-state index is 14.6. The number of piperidine rings is 1. The molecule has 1 saturated carbocycles. The maximum Gasteiger partial charge on any atom is 0.410 e. The lowest BCUT2D eigenvalue weighted by atomic mass is 9.92. The standard InChI is InChI=1S/C41H60N6O11S2/c1-40(2,3)58-38(51)42-32-19-11-8-6-7-10-17-29-25-41(29,37(50)47(59(4,53)54)60(5,55)56)43-35(48)33-24-30(26-46(33)36(32)49)57-39(52)45-23-20-28-16-12-13-18-31(28)34(45)27-44-21-14-9-15-22-44/h10,12-13,16-18,29-30,32-34H,6-9,11,14-15,19-27H2,1-5H3,(H,42,51)(H,43,48)/b17-10-/t29-,30-,32+,33?,34-,41-/m1/s1. The van der Waals surface area contributed by atoms with Gasteiger partial charge in [0.1, 0.15) is 29.3 Å². The van der Waals surface area contributed by atoms with Gasteiger partial charge in [-0.25, -0.2) is 26.4 Å². The van der Waals surface area contributed by atoms with Crippen molar-refractivity contribution < 1.29 is 50.3 Å². The van der Waals surface area contributed by atoms with Crippen LogP contribution in [-0.2, 0) is 50.3 Å². The molecule has 1 aromatic rings. The Balaban J connectivity index is 1.31. The molecule has 6 rings (SSSR count). The summed E-state index contributed by atoms with van der Waals surface area (Å²) in [5, 5.41) is 5.35. The fraction of sp³-hybridized carbons (Fsp3) is 0.683. The summed E-state index contributed by atoms with van der Waals surface area (Å²) >= 11 is 0. The molecule has 4 heterocycles. The van der Waals surface area contributed by atoms with Gasteiger partial charge in [0.25, 0.3) is 5.91 Å². The van der Waals surface area contributed by atoms with Crippen molar-refractivity contribution in [2.45, 2.75) is 127 Å². The highest BCUT2D eigenvalue weighted by Crippen LogP contribution is 2.47. The number of carbonyl (C=O) groups is 5. The molecule has 1 unspecified atom stereocenters. The van der Waals surface area contributed by atoms with Gasteiger partial charge >= 0.3 is 12.2 Å². The summed E-state index contributed by atoms with van der Waals surface area (Å²) in [6.07, 6.45) is 8.50. The molecule has 2 saturated heterocycles. The van der Waals surface area contributed by atoms with Crippen molar-refractivity contribution in [3.8, 4) is 0 Å². The number of sulfonamides is 2. The maximum atomic E-state index is 14.6. The number of fused-ring (bicyclic) bond motifs is 3. The third kappa shape index (κ3) is 10.6. The smallest absolute Gasteiger partial charge is 0.410 e. The lowest BCUT2D eigenvalue weighted by molar-refractivity contribution is -0.141. The van der Waals surface area contributed by atoms with Gasteiger partial charge in [-0.3, -0.25) is 19.3 Å². The first-order valence-corrected chi connectivity index (χ1v) is 24.7. The molecular formula is C41H60N6O11S2. The molecule has 0 radical (unpaired) electrons. The Hall–Kier alpha value is -4.23. The second-order valence-electron chi connectivity index (χ2n) is 17.8. The van der Waals surface area contributed by atoms with E-state index in [1.165, 1.54) is 4.90 Å². The number of benzene rings is 1. The number of likely N-dealkylation sites (tertiary alicyclic amines) is 1. The summed E-state index contributed by atoms with van der Waals surface area (Å²) in [6.45, 7) is 7.69. The molecule has 17 nitrogen and oxygen atoms in total. The van der Waals surface area contributed by atoms with E-state index in [0.29, 0.717) is 57.7 Å². The predicted octanol–water partition coefficient (Wildman–Crippen LogP) is 3.21. The molecule has 2 N–H and O–H groups in total. The first kappa shape index (κ1) is 45.3. The van der Waals surface area contributed by atoms with E-state index in [2.05, 4.69) is 21.6 Å². The van der Waals surface area contributed by atoms with E-state index in [0.717, 1.165) is 43.5 Å². The summed E-state index contributed by atoms with van der Waals surface area (Å²) < 4.78 is 62.5. The Labute approximate surface area is 353 Å². The number of allylic oxidation sites excluding steroid dienone is 1. The van der Waals surface area contributed by atoms with E-state index in [1.807, 2.05) is 18.2 Å². The Kier molecular flexibility index (Phi) is 13.6. The molecular weight excluding hydrogens is 817 g/mol. The van der Waals surface area contributed by atoms with Crippen LogP contribution in [0, 0.1) is 5.92 Å². The van der Waals surface area contributed by atoms with Gasteiger partial charge in [0, 0.05) is 25.4 Å². The monoisotopic (exact) mass is 876 g/mol. The largest absolute Gasteiger partial charge is 0.444 e. The highest BCUT2D eigenvalue weighted by atomic mass is 32.3. The van der Waals surface area contributed by atoms with E-state index in [4.69, 9.17) is 9.47 Å². The summed E-state index contributed by atoms with van der Waals surface area (Å²) in [6, 6.07) is 5.25. The van der Waals surface area contributed by atoms with Crippen LogP contribution in [-0.4, -0.2) is 140 Å². The number of carbonyl (C=O) groups excluding carboxylic acids is 5. The molecule has 5 aliphatic rings. The van der Waals surface area contributed by atoms with Crippen LogP contribution in [0.15, 0.2) is 36.4 Å². The molecule has 1 aliphatic carbocycles. The van der Waals surface area contributed by atoms with Gasteiger partial charge in [0.2, 0.25) is 31.9 Å². The van der Waals surface area contributed by atoms with Crippen LogP contribution in [0.25, 0.3) is 0 Å². The van der Waals surface area contributed by atoms with Crippen LogP contribution in [0.5, 0.6) is 0 Å². The molecule has 5 amide bonds. The van der Waals surface area contributed by atoms with Crippen LogP contribution in [0.3, 0.4) is 0 Å². The fourth-order valence-electron chi connectivity index (χ4n) is 8.97. The molecule has 1 aromatic carbocycles. The SMILES string of the molecule is CC(C)(C)OC(=O)N[C@H]1CCCCC/C=C\[C@@H]2C[C@@]2(C(=O)N(S(C)(=O)=O)S(C)(=O)=O)NC(=O)C2C[C@@H](OC(=O)N3CCc4ccccc4[C@H]3CN3CCCCC3)CN2C1=O. The van der Waals surface area contributed by atoms with E-state index in [9.17, 15) is 40.8 Å². The van der Waals surface area contributed by atoms with Gasteiger partial charge in [-0.2, -0.15) is 0 Å².